The molecule has 2 aromatic heterocycles. The summed E-state index contributed by atoms with van der Waals surface area (Å²) in [7, 11) is 0. The molecule has 0 unspecified atom stereocenters. The van der Waals surface area contributed by atoms with Gasteiger partial charge in [0.15, 0.2) is 11.0 Å². The van der Waals surface area contributed by atoms with Crippen molar-refractivity contribution < 1.29 is 4.52 Å². The number of thiazole rings is 1. The molecular formula is C15H22N4OS. The molecule has 6 heteroatoms. The van der Waals surface area contributed by atoms with Crippen molar-refractivity contribution in [1.82, 2.24) is 15.1 Å². The van der Waals surface area contributed by atoms with Crippen molar-refractivity contribution in [2.45, 2.75) is 52.4 Å². The van der Waals surface area contributed by atoms with Crippen molar-refractivity contribution >= 4 is 16.5 Å². The van der Waals surface area contributed by atoms with E-state index in [1.807, 2.05) is 5.38 Å². The molecule has 0 saturated heterocycles. The summed E-state index contributed by atoms with van der Waals surface area (Å²) < 4.78 is 5.34. The van der Waals surface area contributed by atoms with Crippen LogP contribution in [0.3, 0.4) is 0 Å². The highest BCUT2D eigenvalue weighted by Crippen LogP contribution is 2.42. The van der Waals surface area contributed by atoms with Crippen molar-refractivity contribution in [1.29, 1.82) is 0 Å². The predicted molar refractivity (Wildman–Crippen MR) is 84.0 cm³/mol. The number of nitrogens with two attached hydrogens (primary N) is 1. The number of hydrogen-bond donors (Lipinski definition) is 1. The van der Waals surface area contributed by atoms with Crippen LogP contribution in [-0.2, 0) is 0 Å². The fourth-order valence-corrected chi connectivity index (χ4v) is 3.65. The quantitative estimate of drug-likeness (QED) is 0.904. The number of hydrogen-bond acceptors (Lipinski definition) is 6. The minimum atomic E-state index is 0.394. The Morgan fingerprint density at radius 2 is 1.90 bits per heavy atom. The van der Waals surface area contributed by atoms with E-state index in [1.54, 1.807) is 0 Å². The van der Waals surface area contributed by atoms with Crippen LogP contribution in [0.1, 0.15) is 58.2 Å². The number of nitrogens with zero attached hydrogens (tertiary/aromatic N) is 3. The third-order valence-corrected chi connectivity index (χ3v) is 5.17. The Morgan fingerprint density at radius 3 is 2.48 bits per heavy atom. The summed E-state index contributed by atoms with van der Waals surface area (Å²) in [4.78, 5) is 8.70. The minimum absolute atomic E-state index is 0.394. The fraction of sp³-hybridized carbons (Fsp3) is 0.667. The molecule has 0 radical (unpaired) electrons. The van der Waals surface area contributed by atoms with Crippen LogP contribution in [0.25, 0.3) is 11.6 Å². The smallest absolute Gasteiger partial charge is 0.277 e. The van der Waals surface area contributed by atoms with E-state index in [1.165, 1.54) is 24.2 Å². The molecule has 3 rings (SSSR count). The zero-order chi connectivity index (χ0) is 15.0. The second-order valence-electron chi connectivity index (χ2n) is 6.94. The maximum atomic E-state index is 5.64. The third kappa shape index (κ3) is 3.10. The maximum absolute atomic E-state index is 5.64. The maximum Gasteiger partial charge on any atom is 0.277 e. The van der Waals surface area contributed by atoms with Gasteiger partial charge < -0.3 is 10.3 Å². The summed E-state index contributed by atoms with van der Waals surface area (Å²) in [5, 5.41) is 6.52. The summed E-state index contributed by atoms with van der Waals surface area (Å²) in [5.41, 5.74) is 6.71. The molecule has 0 amide bonds. The Balaban J connectivity index is 1.68. The molecule has 1 aliphatic carbocycles. The van der Waals surface area contributed by atoms with Crippen LogP contribution < -0.4 is 5.73 Å². The molecule has 2 N–H and O–H groups in total. The SMILES string of the molecule is CC(C)(C)C1CCC(c2noc(-c3csc(N)n3)n2)CC1. The monoisotopic (exact) mass is 306 g/mol. The van der Waals surface area contributed by atoms with Crippen LogP contribution in [0, 0.1) is 11.3 Å². The Bertz CT molecular complexity index is 605. The van der Waals surface area contributed by atoms with Crippen molar-refractivity contribution in [3.05, 3.63) is 11.2 Å². The Labute approximate surface area is 129 Å². The van der Waals surface area contributed by atoms with Gasteiger partial charge in [-0.3, -0.25) is 0 Å². The number of rotatable bonds is 2. The van der Waals surface area contributed by atoms with Gasteiger partial charge in [-0.15, -0.1) is 11.3 Å². The highest BCUT2D eigenvalue weighted by molar-refractivity contribution is 7.13. The zero-order valence-corrected chi connectivity index (χ0v) is 13.6. The van der Waals surface area contributed by atoms with Crippen LogP contribution in [0.15, 0.2) is 9.90 Å². The van der Waals surface area contributed by atoms with Crippen LogP contribution in [-0.4, -0.2) is 15.1 Å². The lowest BCUT2D eigenvalue weighted by atomic mass is 9.70. The molecule has 1 aliphatic rings. The van der Waals surface area contributed by atoms with Crippen molar-refractivity contribution in [2.75, 3.05) is 5.73 Å². The van der Waals surface area contributed by atoms with Gasteiger partial charge >= 0.3 is 0 Å². The third-order valence-electron chi connectivity index (χ3n) is 4.50. The van der Waals surface area contributed by atoms with Crippen LogP contribution in [0.2, 0.25) is 0 Å². The predicted octanol–water partition coefficient (Wildman–Crippen LogP) is 4.10. The molecular weight excluding hydrogens is 284 g/mol. The van der Waals surface area contributed by atoms with E-state index < -0.39 is 0 Å². The van der Waals surface area contributed by atoms with Crippen LogP contribution >= 0.6 is 11.3 Å². The summed E-state index contributed by atoms with van der Waals surface area (Å²) in [6.07, 6.45) is 4.75. The fourth-order valence-electron chi connectivity index (χ4n) is 3.11. The molecule has 114 valence electrons. The van der Waals surface area contributed by atoms with Gasteiger partial charge in [0.1, 0.15) is 5.69 Å². The van der Waals surface area contributed by atoms with E-state index >= 15 is 0 Å². The first-order chi connectivity index (χ1) is 9.93. The first-order valence-electron chi connectivity index (χ1n) is 7.48. The highest BCUT2D eigenvalue weighted by atomic mass is 32.1. The Hall–Kier alpha value is -1.43. The Kier molecular flexibility index (Phi) is 3.73. The molecule has 0 atom stereocenters. The summed E-state index contributed by atoms with van der Waals surface area (Å²) in [6, 6.07) is 0. The van der Waals surface area contributed by atoms with Crippen LogP contribution in [0.5, 0.6) is 0 Å². The lowest BCUT2D eigenvalue weighted by molar-refractivity contribution is 0.166. The summed E-state index contributed by atoms with van der Waals surface area (Å²) in [6.45, 7) is 6.99. The number of aromatic nitrogens is 3. The van der Waals surface area contributed by atoms with Crippen LogP contribution in [0.4, 0.5) is 5.13 Å². The standard InChI is InChI=1S/C15H22N4OS/c1-15(2,3)10-6-4-9(5-7-10)12-18-13(20-19-12)11-8-21-14(16)17-11/h8-10H,4-7H2,1-3H3,(H2,16,17). The van der Waals surface area contributed by atoms with Gasteiger partial charge in [-0.2, -0.15) is 4.98 Å². The molecule has 2 heterocycles. The van der Waals surface area contributed by atoms with Gasteiger partial charge in [0.05, 0.1) is 0 Å². The first-order valence-corrected chi connectivity index (χ1v) is 8.36. The topological polar surface area (TPSA) is 77.8 Å². The molecule has 0 aromatic carbocycles. The van der Waals surface area contributed by atoms with E-state index in [0.717, 1.165) is 24.6 Å². The van der Waals surface area contributed by atoms with Crippen molar-refractivity contribution in [3.63, 3.8) is 0 Å². The zero-order valence-electron chi connectivity index (χ0n) is 12.8. The number of anilines is 1. The molecule has 2 aromatic rings. The van der Waals surface area contributed by atoms with E-state index in [2.05, 4.69) is 35.9 Å². The van der Waals surface area contributed by atoms with Gasteiger partial charge in [0.25, 0.3) is 5.89 Å². The second-order valence-corrected chi connectivity index (χ2v) is 7.83. The van der Waals surface area contributed by atoms with Gasteiger partial charge in [-0.25, -0.2) is 4.98 Å². The summed E-state index contributed by atoms with van der Waals surface area (Å²) >= 11 is 1.39. The molecule has 0 spiro atoms. The lowest BCUT2D eigenvalue weighted by Crippen LogP contribution is -2.25. The van der Waals surface area contributed by atoms with E-state index in [-0.39, 0.29) is 0 Å². The van der Waals surface area contributed by atoms with Gasteiger partial charge in [0, 0.05) is 11.3 Å². The van der Waals surface area contributed by atoms with E-state index in [0.29, 0.717) is 28.0 Å². The molecule has 1 fully saturated rings. The highest BCUT2D eigenvalue weighted by Gasteiger charge is 2.32. The van der Waals surface area contributed by atoms with Crippen molar-refractivity contribution in [3.8, 4) is 11.6 Å². The van der Waals surface area contributed by atoms with Crippen molar-refractivity contribution in [2.24, 2.45) is 11.3 Å². The normalized spacial score (nSPS) is 23.4. The Morgan fingerprint density at radius 1 is 1.19 bits per heavy atom. The molecule has 0 aliphatic heterocycles. The lowest BCUT2D eigenvalue weighted by Gasteiger charge is -2.36. The molecule has 1 saturated carbocycles. The average molecular weight is 306 g/mol. The molecule has 21 heavy (non-hydrogen) atoms. The van der Waals surface area contributed by atoms with Gasteiger partial charge in [-0.1, -0.05) is 25.9 Å². The molecule has 5 nitrogen and oxygen atoms in total. The summed E-state index contributed by atoms with van der Waals surface area (Å²) in [5.74, 6) is 2.51. The van der Waals surface area contributed by atoms with E-state index in [9.17, 15) is 0 Å². The largest absolute Gasteiger partial charge is 0.375 e. The second kappa shape index (κ2) is 5.40. The first kappa shape index (κ1) is 14.5. The van der Waals surface area contributed by atoms with Gasteiger partial charge in [-0.05, 0) is 37.0 Å². The number of nitrogen functional groups attached to an aromatic ring is 1. The molecule has 0 bridgehead atoms. The minimum Gasteiger partial charge on any atom is -0.375 e. The average Bonchev–Trinajstić information content (AvgIpc) is 3.06. The van der Waals surface area contributed by atoms with E-state index in [4.69, 9.17) is 10.3 Å². The van der Waals surface area contributed by atoms with Gasteiger partial charge in [0.2, 0.25) is 0 Å².